The van der Waals surface area contributed by atoms with Crippen molar-refractivity contribution in [3.05, 3.63) is 113 Å². The molecular weight excluding hydrogens is 706 g/mol. The number of anilines is 2. The second kappa shape index (κ2) is 10.8. The molecule has 0 spiro atoms. The number of carbonyl (C=O) groups excluding carboxylic acids is 4. The molecule has 3 fully saturated rings. The molecule has 0 aromatic heterocycles. The molecule has 0 bridgehead atoms. The summed E-state index contributed by atoms with van der Waals surface area (Å²) in [5.41, 5.74) is -1.03. The number of amides is 4. The summed E-state index contributed by atoms with van der Waals surface area (Å²) in [4.78, 5) is 52.4. The number of halogens is 7. The third kappa shape index (κ3) is 3.91. The minimum atomic E-state index is -2.68. The number of aromatic hydroxyl groups is 1. The summed E-state index contributed by atoms with van der Waals surface area (Å²) in [6.45, 7) is 0. The van der Waals surface area contributed by atoms with Crippen molar-refractivity contribution >= 4 is 69.0 Å². The number of para-hydroxylation sites is 1. The van der Waals surface area contributed by atoms with Crippen molar-refractivity contribution in [2.75, 3.05) is 9.80 Å². The van der Waals surface area contributed by atoms with E-state index in [1.807, 2.05) is 0 Å². The van der Waals surface area contributed by atoms with E-state index in [2.05, 4.69) is 0 Å². The number of carbonyl (C=O) groups is 4. The van der Waals surface area contributed by atoms with Crippen LogP contribution in [0.25, 0.3) is 10.8 Å². The highest BCUT2D eigenvalue weighted by atomic mass is 35.5. The summed E-state index contributed by atoms with van der Waals surface area (Å²) in [6.07, 6.45) is 1.01. The lowest BCUT2D eigenvalue weighted by atomic mass is 9.56. The molecule has 6 unspecified atom stereocenters. The Hall–Kier alpha value is -4.81. The molecule has 254 valence electrons. The van der Waals surface area contributed by atoms with Gasteiger partial charge in [0.25, 0.3) is 11.8 Å². The predicted octanol–water partition coefficient (Wildman–Crippen LogP) is 7.01. The quantitative estimate of drug-likeness (QED) is 0.0613. The Kier molecular flexibility index (Phi) is 7.03. The summed E-state index contributed by atoms with van der Waals surface area (Å²) in [7, 11) is 0. The fourth-order valence-electron chi connectivity index (χ4n) is 8.30. The maximum absolute atomic E-state index is 15.3. The summed E-state index contributed by atoms with van der Waals surface area (Å²) in [5.74, 6) is -21.3. The Balaban J connectivity index is 1.38. The first kappa shape index (κ1) is 32.4. The number of imide groups is 2. The minimum Gasteiger partial charge on any atom is -0.507 e. The van der Waals surface area contributed by atoms with E-state index in [0.29, 0.717) is 16.6 Å². The van der Waals surface area contributed by atoms with Gasteiger partial charge in [0.05, 0.1) is 17.5 Å². The van der Waals surface area contributed by atoms with Crippen molar-refractivity contribution in [1.29, 1.82) is 0 Å². The molecule has 14 heteroatoms. The van der Waals surface area contributed by atoms with Gasteiger partial charge in [-0.2, -0.15) is 0 Å². The molecule has 50 heavy (non-hydrogen) atoms. The van der Waals surface area contributed by atoms with Gasteiger partial charge >= 0.3 is 0 Å². The van der Waals surface area contributed by atoms with Gasteiger partial charge in [0, 0.05) is 11.3 Å². The van der Waals surface area contributed by atoms with Crippen LogP contribution in [0.15, 0.2) is 78.4 Å². The number of hydrogen-bond acceptors (Lipinski definition) is 5. The van der Waals surface area contributed by atoms with E-state index in [9.17, 15) is 37.5 Å². The van der Waals surface area contributed by atoms with E-state index in [-0.39, 0.29) is 28.0 Å². The van der Waals surface area contributed by atoms with Crippen LogP contribution in [0.5, 0.6) is 5.75 Å². The number of phenols is 1. The highest BCUT2D eigenvalue weighted by molar-refractivity contribution is 6.58. The molecule has 4 aromatic rings. The first-order valence-corrected chi connectivity index (χ1v) is 16.1. The van der Waals surface area contributed by atoms with Crippen LogP contribution in [0.2, 0.25) is 0 Å². The van der Waals surface area contributed by atoms with Gasteiger partial charge in [-0.1, -0.05) is 60.2 Å². The number of fused-ring (bicyclic) bond motifs is 5. The van der Waals surface area contributed by atoms with Gasteiger partial charge in [-0.05, 0) is 47.9 Å². The molecule has 0 radical (unpaired) electrons. The molecular formula is C36H21Cl2F5N2O5. The molecule has 2 aliphatic carbocycles. The Morgan fingerprint density at radius 3 is 1.94 bits per heavy atom. The highest BCUT2D eigenvalue weighted by Gasteiger charge is 2.77. The summed E-state index contributed by atoms with van der Waals surface area (Å²) >= 11 is 14.5. The van der Waals surface area contributed by atoms with Gasteiger partial charge in [-0.3, -0.25) is 24.1 Å². The molecule has 4 aromatic carbocycles. The molecule has 2 heterocycles. The van der Waals surface area contributed by atoms with Gasteiger partial charge < -0.3 is 5.11 Å². The van der Waals surface area contributed by atoms with Crippen LogP contribution in [0.3, 0.4) is 0 Å². The van der Waals surface area contributed by atoms with Crippen LogP contribution in [-0.2, 0) is 19.2 Å². The zero-order chi connectivity index (χ0) is 35.6. The maximum Gasteiger partial charge on any atom is 0.258 e. The number of alkyl halides is 2. The zero-order valence-electron chi connectivity index (χ0n) is 25.3. The number of phenolic OH excluding ortho intramolecular Hbond substituents is 1. The number of nitrogens with zero attached hydrogens (tertiary/aromatic N) is 2. The first-order valence-electron chi connectivity index (χ1n) is 15.4. The number of benzene rings is 4. The van der Waals surface area contributed by atoms with Crippen LogP contribution in [0.4, 0.5) is 33.3 Å². The van der Waals surface area contributed by atoms with E-state index in [1.165, 1.54) is 12.1 Å². The maximum atomic E-state index is 15.3. The van der Waals surface area contributed by atoms with Gasteiger partial charge in [0.15, 0.2) is 33.0 Å². The van der Waals surface area contributed by atoms with Crippen molar-refractivity contribution in [2.45, 2.75) is 28.5 Å². The number of hydrogen-bond donors (Lipinski definition) is 1. The lowest BCUT2D eigenvalue weighted by Crippen LogP contribution is -2.60. The van der Waals surface area contributed by atoms with Crippen LogP contribution in [-0.4, -0.2) is 38.5 Å². The van der Waals surface area contributed by atoms with E-state index in [1.54, 1.807) is 60.7 Å². The van der Waals surface area contributed by atoms with E-state index in [4.69, 9.17) is 23.2 Å². The third-order valence-corrected chi connectivity index (χ3v) is 11.9. The topological polar surface area (TPSA) is 95.0 Å². The van der Waals surface area contributed by atoms with Crippen molar-refractivity contribution in [3.63, 3.8) is 0 Å². The van der Waals surface area contributed by atoms with Crippen molar-refractivity contribution < 1.29 is 46.2 Å². The average molecular weight is 727 g/mol. The van der Waals surface area contributed by atoms with Crippen LogP contribution < -0.4 is 9.80 Å². The Morgan fingerprint density at radius 1 is 0.680 bits per heavy atom. The van der Waals surface area contributed by atoms with E-state index in [0.717, 1.165) is 4.90 Å². The SMILES string of the molecule is O=C1C2CC=C3C(CC4(Cl)C(=O)N(c5c(F)c(F)c(F)c(F)c5F)C(=O)C4(Cl)C3c3ccc(O)c4ccccc34)C2C(=O)N1c1ccccc1. The zero-order valence-corrected chi connectivity index (χ0v) is 26.8. The lowest BCUT2D eigenvalue weighted by Gasteiger charge is -2.51. The van der Waals surface area contributed by atoms with Crippen LogP contribution in [0, 0.1) is 46.8 Å². The third-order valence-electron chi connectivity index (χ3n) is 10.5. The number of allylic oxidation sites excluding steroid dienone is 2. The Morgan fingerprint density at radius 2 is 1.28 bits per heavy atom. The number of rotatable bonds is 3. The standard InChI is InChI=1S/C36H21Cl2F5N2O5/c37-35-14-21-19(10-11-20-23(21)32(48)44(31(20)47)15-6-2-1-3-7-15)24(18-12-13-22(46)17-9-5-4-8-16(17)18)36(35,38)34(50)45(33(35)49)30-28(42)26(40)25(39)27(41)29(30)43/h1-10,12-13,20-21,23-24,46H,11,14H2. The monoisotopic (exact) mass is 726 g/mol. The van der Waals surface area contributed by atoms with Crippen LogP contribution in [0.1, 0.15) is 24.3 Å². The molecule has 8 rings (SSSR count). The van der Waals surface area contributed by atoms with Gasteiger partial charge in [0.2, 0.25) is 17.6 Å². The molecule has 6 atom stereocenters. The summed E-state index contributed by atoms with van der Waals surface area (Å²) < 4.78 is 73.6. The average Bonchev–Trinajstić information content (AvgIpc) is 3.45. The Labute approximate surface area is 289 Å². The molecule has 4 amide bonds. The fourth-order valence-corrected chi connectivity index (χ4v) is 9.23. The summed E-state index contributed by atoms with van der Waals surface area (Å²) in [6, 6.07) is 17.2. The second-order valence-corrected chi connectivity index (χ2v) is 14.0. The van der Waals surface area contributed by atoms with Crippen molar-refractivity contribution in [1.82, 2.24) is 0 Å². The van der Waals surface area contributed by atoms with Crippen molar-refractivity contribution in [3.8, 4) is 5.75 Å². The van der Waals surface area contributed by atoms with Crippen molar-refractivity contribution in [2.24, 2.45) is 17.8 Å². The minimum absolute atomic E-state index is 0.00265. The van der Waals surface area contributed by atoms with E-state index >= 15 is 8.78 Å². The second-order valence-electron chi connectivity index (χ2n) is 12.8. The smallest absolute Gasteiger partial charge is 0.258 e. The molecule has 1 saturated carbocycles. The Bertz CT molecular complexity index is 2240. The largest absolute Gasteiger partial charge is 0.507 e. The van der Waals surface area contributed by atoms with Crippen LogP contribution >= 0.6 is 23.2 Å². The van der Waals surface area contributed by atoms with Gasteiger partial charge in [0.1, 0.15) is 11.4 Å². The van der Waals surface area contributed by atoms with Gasteiger partial charge in [-0.25, -0.2) is 26.9 Å². The first-order chi connectivity index (χ1) is 23.8. The molecule has 2 saturated heterocycles. The predicted molar refractivity (Wildman–Crippen MR) is 171 cm³/mol. The lowest BCUT2D eigenvalue weighted by molar-refractivity contribution is -0.125. The normalized spacial score (nSPS) is 29.0. The molecule has 2 aliphatic heterocycles. The summed E-state index contributed by atoms with van der Waals surface area (Å²) in [5, 5.41) is 11.3. The van der Waals surface area contributed by atoms with E-state index < -0.39 is 98.2 Å². The molecule has 1 N–H and O–H groups in total. The molecule has 7 nitrogen and oxygen atoms in total. The highest BCUT2D eigenvalue weighted by Crippen LogP contribution is 2.66. The van der Waals surface area contributed by atoms with Gasteiger partial charge in [-0.15, -0.1) is 23.2 Å². The fraction of sp³-hybridized carbons (Fsp3) is 0.222. The molecule has 4 aliphatic rings.